The van der Waals surface area contributed by atoms with E-state index in [2.05, 4.69) is 0 Å². The molecule has 1 heterocycles. The molecule has 1 saturated heterocycles. The lowest BCUT2D eigenvalue weighted by Crippen LogP contribution is -2.53. The number of carboxylic acids is 1. The maximum atomic E-state index is 11.8. The molecule has 0 aromatic rings. The number of carbonyl (C=O) groups excluding carboxylic acids is 1. The molecule has 0 radical (unpaired) electrons. The lowest BCUT2D eigenvalue weighted by Gasteiger charge is -2.36. The van der Waals surface area contributed by atoms with Crippen LogP contribution in [0.5, 0.6) is 0 Å². The van der Waals surface area contributed by atoms with Crippen LogP contribution in [0.4, 0.5) is 0 Å². The molecule has 0 spiro atoms. The van der Waals surface area contributed by atoms with Crippen molar-refractivity contribution in [2.75, 3.05) is 32.8 Å². The fourth-order valence-corrected chi connectivity index (χ4v) is 1.84. The number of carbonyl (C=O) groups is 2. The summed E-state index contributed by atoms with van der Waals surface area (Å²) < 4.78 is 5.27. The Morgan fingerprint density at radius 3 is 2.17 bits per heavy atom. The first-order chi connectivity index (χ1) is 8.41. The van der Waals surface area contributed by atoms with Crippen LogP contribution in [0.2, 0.25) is 0 Å². The third-order valence-electron chi connectivity index (χ3n) is 3.11. The van der Waals surface area contributed by atoms with Crippen LogP contribution in [0, 0.1) is 0 Å². The van der Waals surface area contributed by atoms with Crippen LogP contribution in [0.15, 0.2) is 0 Å². The quantitative estimate of drug-likeness (QED) is 0.753. The van der Waals surface area contributed by atoms with Crippen LogP contribution < -0.4 is 0 Å². The van der Waals surface area contributed by atoms with Crippen molar-refractivity contribution in [1.82, 2.24) is 9.80 Å². The minimum atomic E-state index is -0.821. The fourth-order valence-electron chi connectivity index (χ4n) is 1.84. The third kappa shape index (κ3) is 4.27. The zero-order valence-electron chi connectivity index (χ0n) is 11.3. The maximum Gasteiger partial charge on any atom is 0.320 e. The van der Waals surface area contributed by atoms with Crippen molar-refractivity contribution in [2.24, 2.45) is 0 Å². The van der Waals surface area contributed by atoms with E-state index in [1.807, 2.05) is 18.7 Å². The van der Waals surface area contributed by atoms with E-state index in [0.717, 1.165) is 0 Å². The van der Waals surface area contributed by atoms with Crippen LogP contribution >= 0.6 is 0 Å². The Balaban J connectivity index is 2.35. The van der Waals surface area contributed by atoms with Gasteiger partial charge in [0.25, 0.3) is 0 Å². The highest BCUT2D eigenvalue weighted by Gasteiger charge is 2.27. The van der Waals surface area contributed by atoms with Crippen LogP contribution in [-0.4, -0.2) is 71.7 Å². The molecule has 0 aromatic carbocycles. The molecule has 1 N–H and O–H groups in total. The monoisotopic (exact) mass is 258 g/mol. The lowest BCUT2D eigenvalue weighted by molar-refractivity contribution is -0.145. The minimum Gasteiger partial charge on any atom is -0.480 e. The first-order valence-electron chi connectivity index (χ1n) is 6.28. The Morgan fingerprint density at radius 1 is 1.17 bits per heavy atom. The second-order valence-electron chi connectivity index (χ2n) is 4.79. The van der Waals surface area contributed by atoms with Crippen molar-refractivity contribution in [3.8, 4) is 0 Å². The van der Waals surface area contributed by atoms with Crippen molar-refractivity contribution >= 4 is 11.9 Å². The smallest absolute Gasteiger partial charge is 0.320 e. The van der Waals surface area contributed by atoms with E-state index < -0.39 is 12.0 Å². The SMILES string of the molecule is CC(C)OCC(=O)N1CCN(C(C)C(=O)O)CC1. The molecule has 1 atom stereocenters. The average Bonchev–Trinajstić information content (AvgIpc) is 2.35. The zero-order valence-corrected chi connectivity index (χ0v) is 11.3. The van der Waals surface area contributed by atoms with E-state index in [1.54, 1.807) is 11.8 Å². The Hall–Kier alpha value is -1.14. The Morgan fingerprint density at radius 2 is 1.72 bits per heavy atom. The highest BCUT2D eigenvalue weighted by molar-refractivity contribution is 5.77. The molecule has 0 aromatic heterocycles. The first kappa shape index (κ1) is 14.9. The number of nitrogens with zero attached hydrogens (tertiary/aromatic N) is 2. The molecule has 1 rings (SSSR count). The average molecular weight is 258 g/mol. The number of hydrogen-bond donors (Lipinski definition) is 1. The summed E-state index contributed by atoms with van der Waals surface area (Å²) in [6.07, 6.45) is 0.0438. The van der Waals surface area contributed by atoms with Crippen molar-refractivity contribution < 1.29 is 19.4 Å². The van der Waals surface area contributed by atoms with E-state index in [1.165, 1.54) is 0 Å². The Bertz CT molecular complexity index is 298. The zero-order chi connectivity index (χ0) is 13.7. The van der Waals surface area contributed by atoms with Gasteiger partial charge in [-0.05, 0) is 20.8 Å². The summed E-state index contributed by atoms with van der Waals surface area (Å²) in [5.74, 6) is -0.843. The molecule has 1 amide bonds. The van der Waals surface area contributed by atoms with Gasteiger partial charge < -0.3 is 14.7 Å². The Labute approximate surface area is 107 Å². The molecule has 0 saturated carbocycles. The molecule has 104 valence electrons. The fraction of sp³-hybridized carbons (Fsp3) is 0.833. The summed E-state index contributed by atoms with van der Waals surface area (Å²) in [6.45, 7) is 7.88. The molecular weight excluding hydrogens is 236 g/mol. The van der Waals surface area contributed by atoms with Crippen molar-refractivity contribution in [2.45, 2.75) is 32.9 Å². The van der Waals surface area contributed by atoms with Gasteiger partial charge in [-0.25, -0.2) is 0 Å². The molecule has 18 heavy (non-hydrogen) atoms. The van der Waals surface area contributed by atoms with Crippen LogP contribution in [0.1, 0.15) is 20.8 Å². The molecule has 6 nitrogen and oxygen atoms in total. The van der Waals surface area contributed by atoms with Gasteiger partial charge in [0.1, 0.15) is 12.6 Å². The first-order valence-corrected chi connectivity index (χ1v) is 6.28. The van der Waals surface area contributed by atoms with Crippen LogP contribution in [0.3, 0.4) is 0 Å². The van der Waals surface area contributed by atoms with Gasteiger partial charge in [0, 0.05) is 26.2 Å². The highest BCUT2D eigenvalue weighted by Crippen LogP contribution is 2.07. The van der Waals surface area contributed by atoms with Gasteiger partial charge in [0.15, 0.2) is 0 Å². The second-order valence-corrected chi connectivity index (χ2v) is 4.79. The molecule has 1 unspecified atom stereocenters. The van der Waals surface area contributed by atoms with Crippen LogP contribution in [0.25, 0.3) is 0 Å². The largest absolute Gasteiger partial charge is 0.480 e. The molecule has 6 heteroatoms. The number of aliphatic carboxylic acids is 1. The summed E-state index contributed by atoms with van der Waals surface area (Å²) in [4.78, 5) is 26.2. The van der Waals surface area contributed by atoms with Crippen molar-refractivity contribution in [1.29, 1.82) is 0 Å². The maximum absolute atomic E-state index is 11.8. The molecular formula is C12H22N2O4. The number of amides is 1. The van der Waals surface area contributed by atoms with E-state index in [0.29, 0.717) is 26.2 Å². The molecule has 0 aliphatic carbocycles. The summed E-state index contributed by atoms with van der Waals surface area (Å²) >= 11 is 0. The predicted octanol–water partition coefficient (Wildman–Crippen LogP) is 0.0287. The van der Waals surface area contributed by atoms with Gasteiger partial charge in [-0.3, -0.25) is 14.5 Å². The van der Waals surface area contributed by atoms with Gasteiger partial charge in [0.05, 0.1) is 6.10 Å². The van der Waals surface area contributed by atoms with Crippen molar-refractivity contribution in [3.63, 3.8) is 0 Å². The van der Waals surface area contributed by atoms with Gasteiger partial charge in [-0.1, -0.05) is 0 Å². The number of rotatable bonds is 5. The van der Waals surface area contributed by atoms with Crippen LogP contribution in [-0.2, 0) is 14.3 Å². The summed E-state index contributed by atoms with van der Waals surface area (Å²) in [7, 11) is 0. The van der Waals surface area contributed by atoms with Gasteiger partial charge >= 0.3 is 5.97 Å². The van der Waals surface area contributed by atoms with Gasteiger partial charge in [-0.15, -0.1) is 0 Å². The van der Waals surface area contributed by atoms with E-state index in [-0.39, 0.29) is 18.6 Å². The van der Waals surface area contributed by atoms with Gasteiger partial charge in [0.2, 0.25) is 5.91 Å². The number of hydrogen-bond acceptors (Lipinski definition) is 4. The second kappa shape index (κ2) is 6.70. The summed E-state index contributed by atoms with van der Waals surface area (Å²) in [5, 5.41) is 8.91. The lowest BCUT2D eigenvalue weighted by atomic mass is 10.2. The van der Waals surface area contributed by atoms with Crippen molar-refractivity contribution in [3.05, 3.63) is 0 Å². The highest BCUT2D eigenvalue weighted by atomic mass is 16.5. The molecule has 1 fully saturated rings. The third-order valence-corrected chi connectivity index (χ3v) is 3.11. The molecule has 0 bridgehead atoms. The topological polar surface area (TPSA) is 70.1 Å². The summed E-state index contributed by atoms with van der Waals surface area (Å²) in [6, 6.07) is -0.492. The van der Waals surface area contributed by atoms with E-state index in [4.69, 9.17) is 9.84 Å². The predicted molar refractivity (Wildman–Crippen MR) is 66.3 cm³/mol. The van der Waals surface area contributed by atoms with Gasteiger partial charge in [-0.2, -0.15) is 0 Å². The minimum absolute atomic E-state index is 0.0219. The van der Waals surface area contributed by atoms with E-state index in [9.17, 15) is 9.59 Å². The van der Waals surface area contributed by atoms with E-state index >= 15 is 0 Å². The number of piperazine rings is 1. The number of ether oxygens (including phenoxy) is 1. The number of carboxylic acid groups (broad SMARTS) is 1. The normalized spacial score (nSPS) is 19.0. The molecule has 1 aliphatic heterocycles. The standard InChI is InChI=1S/C12H22N2O4/c1-9(2)18-8-11(15)14-6-4-13(5-7-14)10(3)12(16)17/h9-10H,4-8H2,1-3H3,(H,16,17). The summed E-state index contributed by atoms with van der Waals surface area (Å²) in [5.41, 5.74) is 0. The Kier molecular flexibility index (Phi) is 5.55. The molecule has 1 aliphatic rings.